The van der Waals surface area contributed by atoms with Crippen LogP contribution < -0.4 is 15.0 Å². The Bertz CT molecular complexity index is 955. The molecular weight excluding hydrogens is 360 g/mol. The summed E-state index contributed by atoms with van der Waals surface area (Å²) in [7, 11) is 0. The Morgan fingerprint density at radius 1 is 1.04 bits per heavy atom. The van der Waals surface area contributed by atoms with Gasteiger partial charge in [0.05, 0.1) is 4.88 Å². The number of amides is 2. The molecule has 2 amide bonds. The van der Waals surface area contributed by atoms with E-state index in [-0.39, 0.29) is 5.91 Å². The summed E-state index contributed by atoms with van der Waals surface area (Å²) in [6, 6.07) is 18.2. The van der Waals surface area contributed by atoms with Gasteiger partial charge in [-0.05, 0) is 60.2 Å². The number of anilines is 2. The predicted molar refractivity (Wildman–Crippen MR) is 107 cm³/mol. The molecule has 27 heavy (non-hydrogen) atoms. The fraction of sp³-hybridized carbons (Fsp3) is 0.143. The molecular formula is C21H18N2O3S. The molecule has 1 aromatic heterocycles. The minimum Gasteiger partial charge on any atom is -0.410 e. The maximum atomic E-state index is 12.7. The number of nitrogens with one attached hydrogen (secondary N) is 1. The fourth-order valence-corrected chi connectivity index (χ4v) is 3.83. The lowest BCUT2D eigenvalue weighted by atomic mass is 10.0. The third-order valence-electron chi connectivity index (χ3n) is 4.38. The molecule has 0 saturated carbocycles. The molecule has 0 spiro atoms. The molecule has 0 unspecified atom stereocenters. The zero-order valence-electron chi connectivity index (χ0n) is 14.6. The Morgan fingerprint density at radius 2 is 1.89 bits per heavy atom. The lowest BCUT2D eigenvalue weighted by Gasteiger charge is -2.29. The number of para-hydroxylation sites is 1. The summed E-state index contributed by atoms with van der Waals surface area (Å²) < 4.78 is 5.26. The second-order valence-electron chi connectivity index (χ2n) is 6.21. The summed E-state index contributed by atoms with van der Waals surface area (Å²) in [4.78, 5) is 27.4. The monoisotopic (exact) mass is 378 g/mol. The van der Waals surface area contributed by atoms with E-state index in [2.05, 4.69) is 5.32 Å². The second-order valence-corrected chi connectivity index (χ2v) is 7.16. The minimum absolute atomic E-state index is 0.0233. The number of fused-ring (bicyclic) bond motifs is 1. The van der Waals surface area contributed by atoms with Gasteiger partial charge in [0.25, 0.3) is 5.91 Å². The molecule has 2 aromatic carbocycles. The molecule has 1 N–H and O–H groups in total. The number of nitrogens with zero attached hydrogens (tertiary/aromatic N) is 1. The molecule has 0 radical (unpaired) electrons. The van der Waals surface area contributed by atoms with Crippen molar-refractivity contribution in [2.24, 2.45) is 0 Å². The van der Waals surface area contributed by atoms with Crippen LogP contribution in [0.2, 0.25) is 0 Å². The quantitative estimate of drug-likeness (QED) is 0.701. The van der Waals surface area contributed by atoms with Crippen molar-refractivity contribution in [2.45, 2.75) is 12.8 Å². The molecule has 6 heteroatoms. The van der Waals surface area contributed by atoms with E-state index < -0.39 is 6.09 Å². The normalized spacial score (nSPS) is 13.0. The number of rotatable bonds is 3. The van der Waals surface area contributed by atoms with Crippen LogP contribution in [0.4, 0.5) is 16.2 Å². The molecule has 0 fully saturated rings. The summed E-state index contributed by atoms with van der Waals surface area (Å²) >= 11 is 1.45. The highest BCUT2D eigenvalue weighted by molar-refractivity contribution is 7.12. The van der Waals surface area contributed by atoms with Gasteiger partial charge in [-0.2, -0.15) is 0 Å². The molecule has 1 aliphatic heterocycles. The number of hydrogen-bond acceptors (Lipinski definition) is 4. The van der Waals surface area contributed by atoms with E-state index in [0.717, 1.165) is 29.0 Å². The van der Waals surface area contributed by atoms with Gasteiger partial charge in [-0.15, -0.1) is 11.3 Å². The van der Waals surface area contributed by atoms with Crippen LogP contribution in [0.1, 0.15) is 21.7 Å². The maximum Gasteiger partial charge on any atom is 0.417 e. The predicted octanol–water partition coefficient (Wildman–Crippen LogP) is 4.95. The number of benzene rings is 2. The van der Waals surface area contributed by atoms with Crippen LogP contribution in [0, 0.1) is 0 Å². The van der Waals surface area contributed by atoms with Crippen molar-refractivity contribution in [3.05, 3.63) is 76.5 Å². The molecule has 3 aromatic rings. The van der Waals surface area contributed by atoms with E-state index in [1.165, 1.54) is 11.3 Å². The lowest BCUT2D eigenvalue weighted by molar-refractivity contribution is 0.0989. The average Bonchev–Trinajstić information content (AvgIpc) is 3.22. The van der Waals surface area contributed by atoms with Gasteiger partial charge in [0.2, 0.25) is 0 Å². The van der Waals surface area contributed by atoms with E-state index in [1.807, 2.05) is 40.6 Å². The van der Waals surface area contributed by atoms with Crippen molar-refractivity contribution in [3.63, 3.8) is 0 Å². The number of ether oxygens (including phenoxy) is 1. The molecule has 0 saturated heterocycles. The Kier molecular flexibility index (Phi) is 4.89. The van der Waals surface area contributed by atoms with Gasteiger partial charge in [-0.3, -0.25) is 10.1 Å². The van der Waals surface area contributed by atoms with Gasteiger partial charge < -0.3 is 9.64 Å². The maximum absolute atomic E-state index is 12.7. The van der Waals surface area contributed by atoms with Gasteiger partial charge in [0, 0.05) is 17.9 Å². The summed E-state index contributed by atoms with van der Waals surface area (Å²) in [6.45, 7) is 0.701. The van der Waals surface area contributed by atoms with E-state index in [1.54, 1.807) is 30.3 Å². The summed E-state index contributed by atoms with van der Waals surface area (Å²) in [5, 5.41) is 4.66. The van der Waals surface area contributed by atoms with Crippen molar-refractivity contribution in [2.75, 3.05) is 16.8 Å². The first kappa shape index (κ1) is 17.3. The van der Waals surface area contributed by atoms with Crippen molar-refractivity contribution < 1.29 is 14.3 Å². The third-order valence-corrected chi connectivity index (χ3v) is 5.23. The van der Waals surface area contributed by atoms with Crippen molar-refractivity contribution >= 4 is 34.7 Å². The summed E-state index contributed by atoms with van der Waals surface area (Å²) in [5.74, 6) is 0.510. The van der Waals surface area contributed by atoms with Gasteiger partial charge in [-0.1, -0.05) is 24.3 Å². The first-order valence-electron chi connectivity index (χ1n) is 8.73. The van der Waals surface area contributed by atoms with Crippen LogP contribution >= 0.6 is 11.3 Å². The van der Waals surface area contributed by atoms with Crippen LogP contribution in [0.15, 0.2) is 66.0 Å². The Hall–Kier alpha value is -3.12. The first-order chi connectivity index (χ1) is 13.2. The van der Waals surface area contributed by atoms with Crippen LogP contribution in [-0.2, 0) is 6.42 Å². The van der Waals surface area contributed by atoms with Gasteiger partial charge in [-0.25, -0.2) is 4.79 Å². The van der Waals surface area contributed by atoms with Crippen LogP contribution in [0.5, 0.6) is 5.75 Å². The van der Waals surface area contributed by atoms with E-state index in [4.69, 9.17) is 4.74 Å². The van der Waals surface area contributed by atoms with E-state index in [9.17, 15) is 9.59 Å². The smallest absolute Gasteiger partial charge is 0.410 e. The molecule has 0 aliphatic carbocycles. The van der Waals surface area contributed by atoms with E-state index in [0.29, 0.717) is 18.0 Å². The Balaban J connectivity index is 1.50. The molecule has 4 rings (SSSR count). The highest BCUT2D eigenvalue weighted by Gasteiger charge is 2.24. The Labute approximate surface area is 161 Å². The van der Waals surface area contributed by atoms with Crippen molar-refractivity contribution in [1.82, 2.24) is 0 Å². The lowest BCUT2D eigenvalue weighted by Crippen LogP contribution is -2.35. The van der Waals surface area contributed by atoms with Crippen LogP contribution in [-0.4, -0.2) is 18.5 Å². The van der Waals surface area contributed by atoms with Gasteiger partial charge in [0.1, 0.15) is 5.75 Å². The largest absolute Gasteiger partial charge is 0.417 e. The first-order valence-corrected chi connectivity index (χ1v) is 9.61. The zero-order valence-corrected chi connectivity index (χ0v) is 15.4. The van der Waals surface area contributed by atoms with Gasteiger partial charge >= 0.3 is 6.09 Å². The molecule has 136 valence electrons. The molecule has 2 heterocycles. The van der Waals surface area contributed by atoms with Gasteiger partial charge in [0.15, 0.2) is 0 Å². The average molecular weight is 378 g/mol. The van der Waals surface area contributed by atoms with Crippen molar-refractivity contribution in [3.8, 4) is 5.75 Å². The SMILES string of the molecule is O=C(Nc1ccc2c(c1)CCCN2C(=O)c1cccs1)Oc1ccccc1. The number of carbonyl (C=O) groups is 2. The molecule has 0 atom stereocenters. The molecule has 0 bridgehead atoms. The number of thiophene rings is 1. The van der Waals surface area contributed by atoms with Crippen LogP contribution in [0.3, 0.4) is 0 Å². The van der Waals surface area contributed by atoms with Crippen LogP contribution in [0.25, 0.3) is 0 Å². The fourth-order valence-electron chi connectivity index (χ4n) is 3.16. The third kappa shape index (κ3) is 3.85. The number of carbonyl (C=O) groups excluding carboxylic acids is 2. The summed E-state index contributed by atoms with van der Waals surface area (Å²) in [5.41, 5.74) is 2.60. The summed E-state index contributed by atoms with van der Waals surface area (Å²) in [6.07, 6.45) is 1.22. The molecule has 5 nitrogen and oxygen atoms in total. The Morgan fingerprint density at radius 3 is 2.67 bits per heavy atom. The highest BCUT2D eigenvalue weighted by atomic mass is 32.1. The molecule has 1 aliphatic rings. The van der Waals surface area contributed by atoms with E-state index >= 15 is 0 Å². The topological polar surface area (TPSA) is 58.6 Å². The second kappa shape index (κ2) is 7.63. The highest BCUT2D eigenvalue weighted by Crippen LogP contribution is 2.31. The standard InChI is InChI=1S/C21H18N2O3S/c24-20(19-9-5-13-27-19)23-12-4-6-15-14-16(10-11-18(15)23)22-21(25)26-17-7-2-1-3-8-17/h1-3,5,7-11,13-14H,4,6,12H2,(H,22,25). The zero-order chi connectivity index (χ0) is 18.6. The minimum atomic E-state index is -0.538. The number of hydrogen-bond donors (Lipinski definition) is 1. The van der Waals surface area contributed by atoms with Crippen molar-refractivity contribution in [1.29, 1.82) is 0 Å². The number of aryl methyl sites for hydroxylation is 1.